The van der Waals surface area contributed by atoms with Crippen LogP contribution in [0.2, 0.25) is 0 Å². The zero-order chi connectivity index (χ0) is 11.5. The third-order valence-electron chi connectivity index (χ3n) is 2.54. The highest BCUT2D eigenvalue weighted by Gasteiger charge is 2.23. The summed E-state index contributed by atoms with van der Waals surface area (Å²) in [5, 5.41) is 5.75. The molecule has 0 aromatic heterocycles. The Morgan fingerprint density at radius 1 is 1.50 bits per heavy atom. The molecule has 4 nitrogen and oxygen atoms in total. The molecular formula is C12H15N3O. The predicted octanol–water partition coefficient (Wildman–Crippen LogP) is 0.890. The maximum atomic E-state index is 11.6. The van der Waals surface area contributed by atoms with Crippen molar-refractivity contribution in [1.29, 1.82) is 0 Å². The number of aryl methyl sites for hydroxylation is 1. The highest BCUT2D eigenvalue weighted by molar-refractivity contribution is 6.13. The van der Waals surface area contributed by atoms with Crippen molar-refractivity contribution in [2.45, 2.75) is 13.3 Å². The van der Waals surface area contributed by atoms with Gasteiger partial charge in [-0.25, -0.2) is 5.01 Å². The normalized spacial score (nSPS) is 15.5. The monoisotopic (exact) mass is 217 g/mol. The summed E-state index contributed by atoms with van der Waals surface area (Å²) in [5.74, 6) is 0.0296. The maximum absolute atomic E-state index is 11.6. The van der Waals surface area contributed by atoms with Gasteiger partial charge in [0.25, 0.3) is 0 Å². The van der Waals surface area contributed by atoms with Crippen molar-refractivity contribution in [1.82, 2.24) is 5.01 Å². The topological polar surface area (TPSA) is 58.7 Å². The molecule has 0 radical (unpaired) electrons. The molecule has 1 amide bonds. The van der Waals surface area contributed by atoms with E-state index in [0.29, 0.717) is 19.5 Å². The Morgan fingerprint density at radius 2 is 2.31 bits per heavy atom. The van der Waals surface area contributed by atoms with Crippen LogP contribution in [0.5, 0.6) is 0 Å². The number of hydrazone groups is 1. The number of amides is 1. The number of carbonyl (C=O) groups is 1. The molecule has 0 unspecified atom stereocenters. The van der Waals surface area contributed by atoms with Crippen LogP contribution in [-0.2, 0) is 4.79 Å². The van der Waals surface area contributed by atoms with E-state index in [1.165, 1.54) is 10.6 Å². The van der Waals surface area contributed by atoms with Crippen LogP contribution >= 0.6 is 0 Å². The molecule has 1 aliphatic heterocycles. The number of carbonyl (C=O) groups excluding carboxylic acids is 1. The van der Waals surface area contributed by atoms with E-state index in [1.807, 2.05) is 31.2 Å². The van der Waals surface area contributed by atoms with E-state index in [0.717, 1.165) is 11.3 Å². The first kappa shape index (κ1) is 10.8. The van der Waals surface area contributed by atoms with Crippen LogP contribution in [0.15, 0.2) is 29.4 Å². The van der Waals surface area contributed by atoms with Gasteiger partial charge >= 0.3 is 0 Å². The first-order valence-electron chi connectivity index (χ1n) is 5.35. The van der Waals surface area contributed by atoms with E-state index in [-0.39, 0.29) is 5.91 Å². The molecule has 16 heavy (non-hydrogen) atoms. The van der Waals surface area contributed by atoms with Gasteiger partial charge in [-0.2, -0.15) is 5.10 Å². The van der Waals surface area contributed by atoms with Crippen molar-refractivity contribution in [2.75, 3.05) is 13.1 Å². The van der Waals surface area contributed by atoms with Gasteiger partial charge in [0.05, 0.1) is 18.7 Å². The smallest absolute Gasteiger partial charge is 0.248 e. The molecule has 1 aromatic carbocycles. The quantitative estimate of drug-likeness (QED) is 0.817. The molecule has 0 spiro atoms. The number of hydrogen-bond acceptors (Lipinski definition) is 3. The highest BCUT2D eigenvalue weighted by Crippen LogP contribution is 2.15. The van der Waals surface area contributed by atoms with Gasteiger partial charge in [0.1, 0.15) is 0 Å². The second-order valence-corrected chi connectivity index (χ2v) is 3.90. The molecule has 2 rings (SSSR count). The van der Waals surface area contributed by atoms with Gasteiger partial charge in [0.2, 0.25) is 5.91 Å². The zero-order valence-electron chi connectivity index (χ0n) is 9.31. The van der Waals surface area contributed by atoms with Gasteiger partial charge in [-0.3, -0.25) is 4.79 Å². The van der Waals surface area contributed by atoms with Gasteiger partial charge in [-0.15, -0.1) is 0 Å². The Bertz CT molecular complexity index is 440. The molecule has 1 aromatic rings. The fraction of sp³-hybridized carbons (Fsp3) is 0.333. The first-order valence-corrected chi connectivity index (χ1v) is 5.35. The summed E-state index contributed by atoms with van der Waals surface area (Å²) in [4.78, 5) is 11.6. The number of nitrogens with two attached hydrogens (primary N) is 1. The van der Waals surface area contributed by atoms with Crippen LogP contribution in [0.3, 0.4) is 0 Å². The molecular weight excluding hydrogens is 202 g/mol. The lowest BCUT2D eigenvalue weighted by molar-refractivity contribution is -0.128. The zero-order valence-corrected chi connectivity index (χ0v) is 9.31. The predicted molar refractivity (Wildman–Crippen MR) is 63.1 cm³/mol. The second-order valence-electron chi connectivity index (χ2n) is 3.90. The van der Waals surface area contributed by atoms with Crippen LogP contribution in [0, 0.1) is 6.92 Å². The Hall–Kier alpha value is -1.68. The minimum absolute atomic E-state index is 0.0296. The standard InChI is InChI=1S/C12H15N3O/c1-9-3-2-4-10(7-9)11-8-12(16)15(14-11)6-5-13/h2-4,7H,5-6,8,13H2,1H3. The SMILES string of the molecule is Cc1cccc(C2=NN(CCN)C(=O)C2)c1. The first-order chi connectivity index (χ1) is 7.70. The highest BCUT2D eigenvalue weighted by atomic mass is 16.2. The lowest BCUT2D eigenvalue weighted by Gasteiger charge is -2.08. The van der Waals surface area contributed by atoms with Crippen LogP contribution in [0.4, 0.5) is 0 Å². The average Bonchev–Trinajstić information content (AvgIpc) is 2.61. The Kier molecular flexibility index (Phi) is 3.01. The van der Waals surface area contributed by atoms with Crippen molar-refractivity contribution >= 4 is 11.6 Å². The summed E-state index contributed by atoms with van der Waals surface area (Å²) in [5.41, 5.74) is 8.44. The van der Waals surface area contributed by atoms with Gasteiger partial charge in [0.15, 0.2) is 0 Å². The van der Waals surface area contributed by atoms with E-state index in [2.05, 4.69) is 5.10 Å². The summed E-state index contributed by atoms with van der Waals surface area (Å²) in [6, 6.07) is 8.02. The van der Waals surface area contributed by atoms with E-state index in [9.17, 15) is 4.79 Å². The summed E-state index contributed by atoms with van der Waals surface area (Å²) in [6.45, 7) is 2.96. The molecule has 0 saturated carbocycles. The van der Waals surface area contributed by atoms with Crippen molar-refractivity contribution in [3.8, 4) is 0 Å². The van der Waals surface area contributed by atoms with E-state index in [4.69, 9.17) is 5.73 Å². The van der Waals surface area contributed by atoms with Crippen LogP contribution < -0.4 is 5.73 Å². The van der Waals surface area contributed by atoms with E-state index in [1.54, 1.807) is 0 Å². The molecule has 0 aliphatic carbocycles. The van der Waals surface area contributed by atoms with Gasteiger partial charge in [0, 0.05) is 6.54 Å². The molecule has 2 N–H and O–H groups in total. The third kappa shape index (κ3) is 2.12. The third-order valence-corrected chi connectivity index (χ3v) is 2.54. The number of nitrogens with zero attached hydrogens (tertiary/aromatic N) is 2. The molecule has 0 atom stereocenters. The molecule has 0 bridgehead atoms. The molecule has 4 heteroatoms. The summed E-state index contributed by atoms with van der Waals surface area (Å²) < 4.78 is 0. The molecule has 1 aliphatic rings. The number of benzene rings is 1. The van der Waals surface area contributed by atoms with Crippen molar-refractivity contribution in [3.05, 3.63) is 35.4 Å². The fourth-order valence-corrected chi connectivity index (χ4v) is 1.75. The van der Waals surface area contributed by atoms with Crippen molar-refractivity contribution in [2.24, 2.45) is 10.8 Å². The molecule has 0 fully saturated rings. The minimum Gasteiger partial charge on any atom is -0.329 e. The Balaban J connectivity index is 2.23. The van der Waals surface area contributed by atoms with Crippen LogP contribution in [-0.4, -0.2) is 29.7 Å². The lowest BCUT2D eigenvalue weighted by Crippen LogP contribution is -2.26. The van der Waals surface area contributed by atoms with Crippen LogP contribution in [0.1, 0.15) is 17.5 Å². The summed E-state index contributed by atoms with van der Waals surface area (Å²) in [6.07, 6.45) is 0.378. The van der Waals surface area contributed by atoms with Gasteiger partial charge < -0.3 is 5.73 Å². The van der Waals surface area contributed by atoms with Crippen molar-refractivity contribution < 1.29 is 4.79 Å². The Labute approximate surface area is 94.7 Å². The molecule has 1 heterocycles. The molecule has 84 valence electrons. The minimum atomic E-state index is 0.0296. The van der Waals surface area contributed by atoms with E-state index >= 15 is 0 Å². The summed E-state index contributed by atoms with van der Waals surface area (Å²) in [7, 11) is 0. The lowest BCUT2D eigenvalue weighted by atomic mass is 10.1. The van der Waals surface area contributed by atoms with Gasteiger partial charge in [-0.05, 0) is 12.5 Å². The number of rotatable bonds is 3. The fourth-order valence-electron chi connectivity index (χ4n) is 1.75. The maximum Gasteiger partial charge on any atom is 0.248 e. The van der Waals surface area contributed by atoms with Gasteiger partial charge in [-0.1, -0.05) is 29.8 Å². The Morgan fingerprint density at radius 3 is 3.00 bits per heavy atom. The molecule has 0 saturated heterocycles. The van der Waals surface area contributed by atoms with E-state index < -0.39 is 0 Å². The number of hydrogen-bond donors (Lipinski definition) is 1. The van der Waals surface area contributed by atoms with Crippen molar-refractivity contribution in [3.63, 3.8) is 0 Å². The summed E-state index contributed by atoms with van der Waals surface area (Å²) >= 11 is 0. The van der Waals surface area contributed by atoms with Crippen LogP contribution in [0.25, 0.3) is 0 Å². The largest absolute Gasteiger partial charge is 0.329 e. The average molecular weight is 217 g/mol. The second kappa shape index (κ2) is 4.45.